The summed E-state index contributed by atoms with van der Waals surface area (Å²) in [6, 6.07) is 12.7. The third kappa shape index (κ3) is 4.49. The maximum Gasteiger partial charge on any atom is 0.262 e. The van der Waals surface area contributed by atoms with Gasteiger partial charge >= 0.3 is 0 Å². The highest BCUT2D eigenvalue weighted by atomic mass is 19.1. The molecule has 0 fully saturated rings. The van der Waals surface area contributed by atoms with E-state index in [-0.39, 0.29) is 18.3 Å². The first kappa shape index (κ1) is 14.8. The number of halogens is 1. The van der Waals surface area contributed by atoms with Crippen LogP contribution in [0.3, 0.4) is 0 Å². The van der Waals surface area contributed by atoms with Gasteiger partial charge in [0.2, 0.25) is 0 Å². The highest BCUT2D eigenvalue weighted by molar-refractivity contribution is 5.91. The Hall–Kier alpha value is -2.56. The van der Waals surface area contributed by atoms with Gasteiger partial charge in [-0.05, 0) is 43.3 Å². The number of amides is 1. The van der Waals surface area contributed by atoms with Crippen LogP contribution in [-0.4, -0.2) is 19.1 Å². The summed E-state index contributed by atoms with van der Waals surface area (Å²) in [6.07, 6.45) is 0. The normalized spacial score (nSPS) is 10.0. The molecular weight excluding hydrogens is 273 g/mol. The molecule has 0 saturated heterocycles. The van der Waals surface area contributed by atoms with Gasteiger partial charge in [-0.3, -0.25) is 4.79 Å². The first-order valence-electron chi connectivity index (χ1n) is 6.59. The summed E-state index contributed by atoms with van der Waals surface area (Å²) in [7, 11) is 0. The van der Waals surface area contributed by atoms with Crippen LogP contribution in [-0.2, 0) is 4.79 Å². The van der Waals surface area contributed by atoms with Gasteiger partial charge in [0.15, 0.2) is 18.1 Å². The number of anilines is 1. The summed E-state index contributed by atoms with van der Waals surface area (Å²) in [5.74, 6) is 0.422. The van der Waals surface area contributed by atoms with Crippen molar-refractivity contribution in [2.24, 2.45) is 0 Å². The molecule has 1 N–H and O–H groups in total. The van der Waals surface area contributed by atoms with Crippen molar-refractivity contribution >= 4 is 11.6 Å². The summed E-state index contributed by atoms with van der Waals surface area (Å²) < 4.78 is 23.6. The van der Waals surface area contributed by atoms with E-state index in [4.69, 9.17) is 9.47 Å². The minimum Gasteiger partial charge on any atom is -0.490 e. The third-order valence-electron chi connectivity index (χ3n) is 2.64. The smallest absolute Gasteiger partial charge is 0.262 e. The highest BCUT2D eigenvalue weighted by Crippen LogP contribution is 2.26. The summed E-state index contributed by atoms with van der Waals surface area (Å²) >= 11 is 0. The first-order chi connectivity index (χ1) is 10.2. The Labute approximate surface area is 122 Å². The molecule has 2 aromatic rings. The highest BCUT2D eigenvalue weighted by Gasteiger charge is 2.07. The van der Waals surface area contributed by atoms with Crippen molar-refractivity contribution in [2.75, 3.05) is 18.5 Å². The lowest BCUT2D eigenvalue weighted by molar-refractivity contribution is -0.118. The number of carbonyl (C=O) groups excluding carboxylic acids is 1. The molecule has 1 amide bonds. The van der Waals surface area contributed by atoms with Crippen molar-refractivity contribution in [3.63, 3.8) is 0 Å². The van der Waals surface area contributed by atoms with Crippen molar-refractivity contribution in [3.8, 4) is 11.5 Å². The van der Waals surface area contributed by atoms with E-state index in [1.54, 1.807) is 18.2 Å². The Kier molecular flexibility index (Phi) is 5.15. The molecule has 0 aromatic heterocycles. The molecule has 0 aliphatic heterocycles. The van der Waals surface area contributed by atoms with Gasteiger partial charge < -0.3 is 14.8 Å². The summed E-state index contributed by atoms with van der Waals surface area (Å²) in [6.45, 7) is 2.24. The number of hydrogen-bond acceptors (Lipinski definition) is 3. The second-order valence-electron chi connectivity index (χ2n) is 4.22. The number of carbonyl (C=O) groups is 1. The lowest BCUT2D eigenvalue weighted by Crippen LogP contribution is -2.20. The molecule has 0 bridgehead atoms. The maximum absolute atomic E-state index is 12.8. The van der Waals surface area contributed by atoms with Crippen LogP contribution in [0.1, 0.15) is 6.92 Å². The molecule has 0 unspecified atom stereocenters. The molecule has 110 valence electrons. The predicted molar refractivity (Wildman–Crippen MR) is 78.1 cm³/mol. The summed E-state index contributed by atoms with van der Waals surface area (Å²) in [4.78, 5) is 11.8. The fourth-order valence-electron chi connectivity index (χ4n) is 1.72. The molecule has 0 atom stereocenters. The number of para-hydroxylation sites is 2. The van der Waals surface area contributed by atoms with Gasteiger partial charge in [-0.25, -0.2) is 4.39 Å². The number of nitrogens with one attached hydrogen (secondary N) is 1. The fraction of sp³-hybridized carbons (Fsp3) is 0.188. The zero-order valence-electron chi connectivity index (χ0n) is 11.6. The average molecular weight is 289 g/mol. The largest absolute Gasteiger partial charge is 0.490 e. The molecule has 4 nitrogen and oxygen atoms in total. The van der Waals surface area contributed by atoms with E-state index in [9.17, 15) is 9.18 Å². The molecular formula is C16H16FNO3. The van der Waals surface area contributed by atoms with Crippen LogP contribution in [0, 0.1) is 5.82 Å². The van der Waals surface area contributed by atoms with Gasteiger partial charge in [0.1, 0.15) is 5.82 Å². The Balaban J connectivity index is 1.90. The first-order valence-corrected chi connectivity index (χ1v) is 6.59. The van der Waals surface area contributed by atoms with E-state index in [0.29, 0.717) is 23.8 Å². The predicted octanol–water partition coefficient (Wildman–Crippen LogP) is 3.24. The fourth-order valence-corrected chi connectivity index (χ4v) is 1.72. The van der Waals surface area contributed by atoms with Gasteiger partial charge in [0.05, 0.1) is 6.61 Å². The Morgan fingerprint density at radius 3 is 2.29 bits per heavy atom. The van der Waals surface area contributed by atoms with Crippen molar-refractivity contribution < 1.29 is 18.7 Å². The van der Waals surface area contributed by atoms with E-state index >= 15 is 0 Å². The zero-order valence-corrected chi connectivity index (χ0v) is 11.6. The molecule has 0 radical (unpaired) electrons. The zero-order chi connectivity index (χ0) is 15.1. The molecule has 0 aliphatic rings. The minimum atomic E-state index is -0.352. The summed E-state index contributed by atoms with van der Waals surface area (Å²) in [5, 5.41) is 2.62. The summed E-state index contributed by atoms with van der Waals surface area (Å²) in [5.41, 5.74) is 0.517. The molecule has 2 rings (SSSR count). The molecule has 0 aliphatic carbocycles. The Morgan fingerprint density at radius 1 is 1.05 bits per heavy atom. The standard InChI is InChI=1S/C16H16FNO3/c1-2-20-14-5-3-4-6-15(14)21-11-16(19)18-13-9-7-12(17)8-10-13/h3-10H,2,11H2,1H3,(H,18,19). The second kappa shape index (κ2) is 7.28. The molecule has 0 saturated carbocycles. The lowest BCUT2D eigenvalue weighted by atomic mass is 10.3. The van der Waals surface area contributed by atoms with E-state index in [2.05, 4.69) is 5.32 Å². The van der Waals surface area contributed by atoms with Crippen LogP contribution in [0.15, 0.2) is 48.5 Å². The van der Waals surface area contributed by atoms with Crippen LogP contribution in [0.4, 0.5) is 10.1 Å². The van der Waals surface area contributed by atoms with Crippen molar-refractivity contribution in [1.29, 1.82) is 0 Å². The van der Waals surface area contributed by atoms with E-state index in [0.717, 1.165) is 0 Å². The number of ether oxygens (including phenoxy) is 2. The van der Waals surface area contributed by atoms with E-state index in [1.807, 2.05) is 13.0 Å². The van der Waals surface area contributed by atoms with E-state index < -0.39 is 0 Å². The second-order valence-corrected chi connectivity index (χ2v) is 4.22. The minimum absolute atomic E-state index is 0.151. The van der Waals surface area contributed by atoms with E-state index in [1.165, 1.54) is 24.3 Å². The molecule has 0 heterocycles. The number of hydrogen-bond donors (Lipinski definition) is 1. The van der Waals surface area contributed by atoms with Crippen LogP contribution >= 0.6 is 0 Å². The van der Waals surface area contributed by atoms with Gasteiger partial charge in [-0.15, -0.1) is 0 Å². The van der Waals surface area contributed by atoms with Gasteiger partial charge in [0.25, 0.3) is 5.91 Å². The van der Waals surface area contributed by atoms with Crippen molar-refractivity contribution in [3.05, 3.63) is 54.3 Å². The topological polar surface area (TPSA) is 47.6 Å². The quantitative estimate of drug-likeness (QED) is 0.888. The number of benzene rings is 2. The molecule has 0 spiro atoms. The van der Waals surface area contributed by atoms with Gasteiger partial charge in [-0.2, -0.15) is 0 Å². The Morgan fingerprint density at radius 2 is 1.67 bits per heavy atom. The van der Waals surface area contributed by atoms with Crippen LogP contribution in [0.25, 0.3) is 0 Å². The molecule has 2 aromatic carbocycles. The van der Waals surface area contributed by atoms with Crippen LogP contribution < -0.4 is 14.8 Å². The lowest BCUT2D eigenvalue weighted by Gasteiger charge is -2.11. The molecule has 21 heavy (non-hydrogen) atoms. The Bertz CT molecular complexity index is 599. The van der Waals surface area contributed by atoms with Crippen molar-refractivity contribution in [1.82, 2.24) is 0 Å². The van der Waals surface area contributed by atoms with Crippen LogP contribution in [0.2, 0.25) is 0 Å². The monoisotopic (exact) mass is 289 g/mol. The average Bonchev–Trinajstić information content (AvgIpc) is 2.49. The van der Waals surface area contributed by atoms with Crippen molar-refractivity contribution in [2.45, 2.75) is 6.92 Å². The van der Waals surface area contributed by atoms with Gasteiger partial charge in [-0.1, -0.05) is 12.1 Å². The SMILES string of the molecule is CCOc1ccccc1OCC(=O)Nc1ccc(F)cc1. The molecule has 5 heteroatoms. The maximum atomic E-state index is 12.8. The van der Waals surface area contributed by atoms with Crippen LogP contribution in [0.5, 0.6) is 11.5 Å². The third-order valence-corrected chi connectivity index (χ3v) is 2.64. The number of rotatable bonds is 6. The van der Waals surface area contributed by atoms with Gasteiger partial charge in [0, 0.05) is 5.69 Å².